The summed E-state index contributed by atoms with van der Waals surface area (Å²) in [5.41, 5.74) is 3.39. The molecular weight excluding hydrogens is 488 g/mol. The van der Waals surface area contributed by atoms with E-state index in [4.69, 9.17) is 14.7 Å². The van der Waals surface area contributed by atoms with Crippen molar-refractivity contribution in [3.05, 3.63) is 67.3 Å². The minimum atomic E-state index is -0.643. The van der Waals surface area contributed by atoms with E-state index in [1.807, 2.05) is 30.0 Å². The molecule has 0 N–H and O–H groups in total. The number of carbonyl (C=O) groups excluding carboxylic acids is 1. The normalized spacial score (nSPS) is 17.8. The number of benzene rings is 1. The molecule has 4 rings (SSSR count). The highest BCUT2D eigenvalue weighted by molar-refractivity contribution is 9.10. The van der Waals surface area contributed by atoms with Gasteiger partial charge in [0.25, 0.3) is 0 Å². The smallest absolute Gasteiger partial charge is 0.348 e. The predicted molar refractivity (Wildman–Crippen MR) is 126 cm³/mol. The van der Waals surface area contributed by atoms with Crippen LogP contribution in [0.2, 0.25) is 0 Å². The third-order valence-corrected chi connectivity index (χ3v) is 8.49. The highest BCUT2D eigenvalue weighted by atomic mass is 79.9. The number of allylic oxidation sites excluding steroid dienone is 1. The van der Waals surface area contributed by atoms with Gasteiger partial charge in [-0.15, -0.1) is 34.4 Å². The molecular formula is C21H17BrN2O2S3. The number of aliphatic imine (C=N–C) groups is 1. The second-order valence-corrected chi connectivity index (χ2v) is 10.3. The Kier molecular flexibility index (Phi) is 5.79. The van der Waals surface area contributed by atoms with Crippen LogP contribution in [0.4, 0.5) is 0 Å². The number of aromatic nitrogens is 1. The maximum atomic E-state index is 12.0. The summed E-state index contributed by atoms with van der Waals surface area (Å²) >= 11 is 8.31. The van der Waals surface area contributed by atoms with E-state index in [2.05, 4.69) is 47.1 Å². The summed E-state index contributed by atoms with van der Waals surface area (Å²) in [5, 5.41) is 2.92. The number of ether oxygens (including phenoxy) is 1. The zero-order valence-electron chi connectivity index (χ0n) is 15.9. The second kappa shape index (κ2) is 8.18. The summed E-state index contributed by atoms with van der Waals surface area (Å²) in [5.74, 6) is -0.324. The van der Waals surface area contributed by atoms with Crippen molar-refractivity contribution in [1.29, 1.82) is 0 Å². The number of hydrogen-bond donors (Lipinski definition) is 0. The van der Waals surface area contributed by atoms with Gasteiger partial charge in [0.05, 0.1) is 17.0 Å². The zero-order chi connectivity index (χ0) is 20.6. The van der Waals surface area contributed by atoms with E-state index in [-0.39, 0.29) is 5.97 Å². The van der Waals surface area contributed by atoms with Crippen LogP contribution in [0.3, 0.4) is 0 Å². The van der Waals surface area contributed by atoms with E-state index in [0.717, 1.165) is 30.5 Å². The van der Waals surface area contributed by atoms with Gasteiger partial charge in [-0.1, -0.05) is 28.1 Å². The fourth-order valence-electron chi connectivity index (χ4n) is 3.19. The lowest BCUT2D eigenvalue weighted by Gasteiger charge is -2.24. The van der Waals surface area contributed by atoms with Crippen LogP contribution < -0.4 is 0 Å². The molecule has 29 heavy (non-hydrogen) atoms. The number of halogens is 1. The number of esters is 1. The molecule has 1 atom stereocenters. The molecule has 148 valence electrons. The van der Waals surface area contributed by atoms with E-state index in [0.29, 0.717) is 4.88 Å². The van der Waals surface area contributed by atoms with E-state index in [1.54, 1.807) is 23.1 Å². The first-order valence-electron chi connectivity index (χ1n) is 8.70. The molecule has 0 aliphatic carbocycles. The van der Waals surface area contributed by atoms with Gasteiger partial charge in [0.2, 0.25) is 0 Å². The van der Waals surface area contributed by atoms with Crippen molar-refractivity contribution in [1.82, 2.24) is 4.98 Å². The number of carbonyl (C=O) groups is 1. The standard InChI is InChI=1S/C21H17BrN2O2S3/c1-12-5-6-14(15(22)9-12)21(7-4-8-23-21)20-24-16(11-28-20)13-10-17(18(25)26-2)29-19(13)27-3/h4-11H,1-3H3. The molecule has 4 nitrogen and oxygen atoms in total. The van der Waals surface area contributed by atoms with E-state index < -0.39 is 5.54 Å². The van der Waals surface area contributed by atoms with Crippen LogP contribution in [-0.4, -0.2) is 30.5 Å². The van der Waals surface area contributed by atoms with Gasteiger partial charge in [0.15, 0.2) is 5.54 Å². The molecule has 3 aromatic rings. The summed E-state index contributed by atoms with van der Waals surface area (Å²) in [7, 11) is 1.40. The number of methoxy groups -OCH3 is 1. The quantitative estimate of drug-likeness (QED) is 0.300. The van der Waals surface area contributed by atoms with Gasteiger partial charge in [0.1, 0.15) is 9.88 Å². The van der Waals surface area contributed by atoms with Crippen molar-refractivity contribution in [3.63, 3.8) is 0 Å². The lowest BCUT2D eigenvalue weighted by Crippen LogP contribution is -2.21. The molecule has 0 amide bonds. The Bertz CT molecular complexity index is 1130. The molecule has 0 bridgehead atoms. The van der Waals surface area contributed by atoms with E-state index in [9.17, 15) is 4.79 Å². The molecule has 1 aliphatic heterocycles. The summed E-state index contributed by atoms with van der Waals surface area (Å²) in [6, 6.07) is 8.15. The van der Waals surface area contributed by atoms with E-state index in [1.165, 1.54) is 24.0 Å². The number of aryl methyl sites for hydroxylation is 1. The summed E-state index contributed by atoms with van der Waals surface area (Å²) in [6.45, 7) is 2.07. The number of thiophene rings is 1. The summed E-state index contributed by atoms with van der Waals surface area (Å²) in [4.78, 5) is 22.3. The van der Waals surface area contributed by atoms with Gasteiger partial charge in [-0.25, -0.2) is 9.78 Å². The second-order valence-electron chi connectivity index (χ2n) is 6.43. The van der Waals surface area contributed by atoms with Gasteiger partial charge in [-0.3, -0.25) is 4.99 Å². The molecule has 0 radical (unpaired) electrons. The first-order valence-corrected chi connectivity index (χ1v) is 12.4. The SMILES string of the molecule is COC(=O)c1cc(-c2csc(C3(c4ccc(C)cc4Br)C=CC=N3)n2)c(SC)s1. The molecule has 0 spiro atoms. The third kappa shape index (κ3) is 3.63. The van der Waals surface area contributed by atoms with Crippen molar-refractivity contribution in [2.45, 2.75) is 16.7 Å². The molecule has 3 heterocycles. The minimum absolute atomic E-state index is 0.324. The van der Waals surface area contributed by atoms with Crippen molar-refractivity contribution in [3.8, 4) is 11.3 Å². The van der Waals surface area contributed by atoms with Crippen LogP contribution in [0.5, 0.6) is 0 Å². The average molecular weight is 505 g/mol. The summed E-state index contributed by atoms with van der Waals surface area (Å²) < 4.78 is 6.92. The zero-order valence-corrected chi connectivity index (χ0v) is 20.0. The summed E-state index contributed by atoms with van der Waals surface area (Å²) in [6.07, 6.45) is 7.86. The Morgan fingerprint density at radius 1 is 1.31 bits per heavy atom. The van der Waals surface area contributed by atoms with E-state index >= 15 is 0 Å². The molecule has 8 heteroatoms. The lowest BCUT2D eigenvalue weighted by molar-refractivity contribution is 0.0606. The molecule has 0 saturated carbocycles. The third-order valence-electron chi connectivity index (χ3n) is 4.61. The van der Waals surface area contributed by atoms with Crippen LogP contribution in [0, 0.1) is 6.92 Å². The molecule has 1 unspecified atom stereocenters. The van der Waals surface area contributed by atoms with Gasteiger partial charge >= 0.3 is 5.97 Å². The maximum absolute atomic E-state index is 12.0. The van der Waals surface area contributed by atoms with Crippen molar-refractivity contribution in [2.75, 3.05) is 13.4 Å². The largest absolute Gasteiger partial charge is 0.465 e. The monoisotopic (exact) mass is 504 g/mol. The van der Waals surface area contributed by atoms with Gasteiger partial charge in [-0.2, -0.15) is 0 Å². The van der Waals surface area contributed by atoms with Gasteiger partial charge < -0.3 is 4.74 Å². The Balaban J connectivity index is 1.81. The van der Waals surface area contributed by atoms with Crippen LogP contribution in [0.15, 0.2) is 55.5 Å². The molecule has 1 aliphatic rings. The Morgan fingerprint density at radius 2 is 2.14 bits per heavy atom. The van der Waals surface area contributed by atoms with Crippen molar-refractivity contribution >= 4 is 62.5 Å². The average Bonchev–Trinajstić information content (AvgIpc) is 3.45. The van der Waals surface area contributed by atoms with Crippen LogP contribution in [0.1, 0.15) is 25.8 Å². The van der Waals surface area contributed by atoms with Crippen LogP contribution >= 0.6 is 50.4 Å². The lowest BCUT2D eigenvalue weighted by atomic mass is 9.91. The number of hydrogen-bond acceptors (Lipinski definition) is 7. The number of thiazole rings is 1. The number of thioether (sulfide) groups is 1. The highest BCUT2D eigenvalue weighted by Crippen LogP contribution is 2.45. The number of rotatable bonds is 5. The van der Waals surface area contributed by atoms with Crippen LogP contribution in [0.25, 0.3) is 11.3 Å². The topological polar surface area (TPSA) is 51.5 Å². The molecule has 0 fully saturated rings. The Morgan fingerprint density at radius 3 is 2.79 bits per heavy atom. The maximum Gasteiger partial charge on any atom is 0.348 e. The van der Waals surface area contributed by atoms with Gasteiger partial charge in [0, 0.05) is 27.2 Å². The molecule has 0 saturated heterocycles. The van der Waals surface area contributed by atoms with Crippen LogP contribution in [-0.2, 0) is 10.3 Å². The molecule has 2 aromatic heterocycles. The minimum Gasteiger partial charge on any atom is -0.465 e. The number of nitrogens with zero attached hydrogens (tertiary/aromatic N) is 2. The van der Waals surface area contributed by atoms with Crippen molar-refractivity contribution < 1.29 is 9.53 Å². The Labute approximate surface area is 189 Å². The predicted octanol–water partition coefficient (Wildman–Crippen LogP) is 6.34. The van der Waals surface area contributed by atoms with Gasteiger partial charge in [-0.05, 0) is 43.0 Å². The fourth-order valence-corrected chi connectivity index (χ4v) is 6.76. The first-order chi connectivity index (χ1) is 14.0. The fraction of sp³-hybridized carbons (Fsp3) is 0.190. The molecule has 1 aromatic carbocycles. The Hall–Kier alpha value is -1.74. The van der Waals surface area contributed by atoms with Crippen molar-refractivity contribution in [2.24, 2.45) is 4.99 Å². The highest BCUT2D eigenvalue weighted by Gasteiger charge is 2.37. The first kappa shape index (κ1) is 20.5.